The van der Waals surface area contributed by atoms with Gasteiger partial charge in [0.15, 0.2) is 0 Å². The van der Waals surface area contributed by atoms with E-state index in [0.29, 0.717) is 23.1 Å². The highest BCUT2D eigenvalue weighted by Gasteiger charge is 2.14. The molecule has 3 rings (SSSR count). The van der Waals surface area contributed by atoms with E-state index in [1.807, 2.05) is 18.3 Å². The largest absolute Gasteiger partial charge is 0.497 e. The monoisotopic (exact) mass is 411 g/mol. The van der Waals surface area contributed by atoms with Crippen LogP contribution in [0.3, 0.4) is 0 Å². The van der Waals surface area contributed by atoms with Crippen LogP contribution >= 0.6 is 11.6 Å². The zero-order chi connectivity index (χ0) is 20.8. The number of halogens is 1. The summed E-state index contributed by atoms with van der Waals surface area (Å²) in [6.45, 7) is 4.63. The predicted octanol–water partition coefficient (Wildman–Crippen LogP) is 6.12. The summed E-state index contributed by atoms with van der Waals surface area (Å²) in [5, 5.41) is 0.498. The number of rotatable bonds is 8. The quantitative estimate of drug-likeness (QED) is 0.447. The molecule has 3 aromatic rings. The summed E-state index contributed by atoms with van der Waals surface area (Å²) in [4.78, 5) is 4.72. The first kappa shape index (κ1) is 21.0. The number of aromatic nitrogens is 1. The van der Waals surface area contributed by atoms with Crippen LogP contribution in [-0.2, 0) is 19.4 Å². The van der Waals surface area contributed by atoms with Gasteiger partial charge in [-0.1, -0.05) is 43.6 Å². The summed E-state index contributed by atoms with van der Waals surface area (Å²) in [5.41, 5.74) is 5.54. The molecule has 0 atom stereocenters. The van der Waals surface area contributed by atoms with Gasteiger partial charge < -0.3 is 14.2 Å². The van der Waals surface area contributed by atoms with E-state index in [2.05, 4.69) is 32.0 Å². The molecule has 0 N–H and O–H groups in total. The average Bonchev–Trinajstić information content (AvgIpc) is 2.77. The highest BCUT2D eigenvalue weighted by atomic mass is 35.5. The minimum absolute atomic E-state index is 0.304. The van der Waals surface area contributed by atoms with E-state index < -0.39 is 0 Å². The maximum absolute atomic E-state index is 6.27. The van der Waals surface area contributed by atoms with Gasteiger partial charge in [0.2, 0.25) is 0 Å². The summed E-state index contributed by atoms with van der Waals surface area (Å²) < 4.78 is 16.7. The van der Waals surface area contributed by atoms with Crippen molar-refractivity contribution in [3.63, 3.8) is 0 Å². The summed E-state index contributed by atoms with van der Waals surface area (Å²) in [6.07, 6.45) is 3.72. The van der Waals surface area contributed by atoms with Gasteiger partial charge in [-0.3, -0.25) is 4.98 Å². The molecule has 2 aromatic carbocycles. The Balaban J connectivity index is 1.89. The van der Waals surface area contributed by atoms with Crippen LogP contribution in [0, 0.1) is 0 Å². The third-order valence-corrected chi connectivity index (χ3v) is 5.24. The Morgan fingerprint density at radius 3 is 2.17 bits per heavy atom. The molecule has 0 aliphatic heterocycles. The van der Waals surface area contributed by atoms with E-state index in [0.717, 1.165) is 29.8 Å². The highest BCUT2D eigenvalue weighted by molar-refractivity contribution is 6.32. The first-order valence-corrected chi connectivity index (χ1v) is 10.1. The molecule has 0 aliphatic carbocycles. The molecule has 0 aliphatic rings. The molecule has 1 aromatic heterocycles. The smallest absolute Gasteiger partial charge is 0.138 e. The number of hydrogen-bond acceptors (Lipinski definition) is 4. The van der Waals surface area contributed by atoms with Crippen molar-refractivity contribution in [2.24, 2.45) is 0 Å². The van der Waals surface area contributed by atoms with Gasteiger partial charge in [-0.2, -0.15) is 0 Å². The van der Waals surface area contributed by atoms with Crippen molar-refractivity contribution in [3.05, 3.63) is 70.4 Å². The van der Waals surface area contributed by atoms with Gasteiger partial charge in [0, 0.05) is 29.5 Å². The highest BCUT2D eigenvalue weighted by Crippen LogP contribution is 2.33. The number of hydrogen-bond donors (Lipinski definition) is 0. The number of pyridine rings is 1. The Bertz CT molecular complexity index is 966. The second-order valence-electron chi connectivity index (χ2n) is 6.62. The van der Waals surface area contributed by atoms with Crippen molar-refractivity contribution < 1.29 is 14.2 Å². The number of aryl methyl sites for hydroxylation is 2. The maximum atomic E-state index is 6.27. The summed E-state index contributed by atoms with van der Waals surface area (Å²) in [5.74, 6) is 2.02. The fourth-order valence-electron chi connectivity index (χ4n) is 3.35. The zero-order valence-corrected chi connectivity index (χ0v) is 18.0. The predicted molar refractivity (Wildman–Crippen MR) is 117 cm³/mol. The molecule has 0 bridgehead atoms. The van der Waals surface area contributed by atoms with Crippen LogP contribution in [-0.4, -0.2) is 19.2 Å². The van der Waals surface area contributed by atoms with Crippen molar-refractivity contribution in [2.45, 2.75) is 33.3 Å². The van der Waals surface area contributed by atoms with Gasteiger partial charge in [-0.25, -0.2) is 0 Å². The zero-order valence-electron chi connectivity index (χ0n) is 17.3. The van der Waals surface area contributed by atoms with Crippen molar-refractivity contribution in [2.75, 3.05) is 14.2 Å². The van der Waals surface area contributed by atoms with Crippen molar-refractivity contribution >= 4 is 11.6 Å². The molecule has 0 fully saturated rings. The Morgan fingerprint density at radius 2 is 1.59 bits per heavy atom. The fraction of sp³-hybridized carbons (Fsp3) is 0.292. The fourth-order valence-corrected chi connectivity index (χ4v) is 3.58. The van der Waals surface area contributed by atoms with Gasteiger partial charge in [0.1, 0.15) is 23.9 Å². The molecule has 152 valence electrons. The molecule has 0 amide bonds. The second kappa shape index (κ2) is 9.66. The van der Waals surface area contributed by atoms with Crippen LogP contribution in [0.1, 0.15) is 30.5 Å². The molecule has 1 heterocycles. The molecular formula is C24H26ClNO3. The number of nitrogens with zero attached hydrogens (tertiary/aromatic N) is 1. The molecule has 0 spiro atoms. The second-order valence-corrected chi connectivity index (χ2v) is 7.03. The van der Waals surface area contributed by atoms with Crippen molar-refractivity contribution in [3.8, 4) is 28.5 Å². The summed E-state index contributed by atoms with van der Waals surface area (Å²) in [7, 11) is 3.26. The SMILES string of the molecule is CCc1cccc(CC)c1-c1cc(OC)c(COc2ccc(OC)cc2Cl)cn1. The van der Waals surface area contributed by atoms with Crippen LogP contribution < -0.4 is 14.2 Å². The summed E-state index contributed by atoms with van der Waals surface area (Å²) in [6, 6.07) is 13.7. The normalized spacial score (nSPS) is 10.7. The summed E-state index contributed by atoms with van der Waals surface area (Å²) >= 11 is 6.27. The van der Waals surface area contributed by atoms with E-state index in [1.165, 1.54) is 16.7 Å². The van der Waals surface area contributed by atoms with Crippen LogP contribution in [0.5, 0.6) is 17.2 Å². The lowest BCUT2D eigenvalue weighted by atomic mass is 9.94. The van der Waals surface area contributed by atoms with Gasteiger partial charge in [0.25, 0.3) is 0 Å². The third kappa shape index (κ3) is 4.65. The first-order chi connectivity index (χ1) is 14.1. The van der Waals surface area contributed by atoms with E-state index in [1.54, 1.807) is 26.4 Å². The lowest BCUT2D eigenvalue weighted by molar-refractivity contribution is 0.295. The molecule has 0 unspecified atom stereocenters. The van der Waals surface area contributed by atoms with Crippen LogP contribution in [0.25, 0.3) is 11.3 Å². The van der Waals surface area contributed by atoms with Gasteiger partial charge in [0.05, 0.1) is 24.9 Å². The molecule has 29 heavy (non-hydrogen) atoms. The molecule has 0 saturated carbocycles. The minimum atomic E-state index is 0.304. The van der Waals surface area contributed by atoms with Crippen molar-refractivity contribution in [1.82, 2.24) is 4.98 Å². The van der Waals surface area contributed by atoms with Crippen molar-refractivity contribution in [1.29, 1.82) is 0 Å². The maximum Gasteiger partial charge on any atom is 0.138 e. The molecular weight excluding hydrogens is 386 g/mol. The van der Waals surface area contributed by atoms with E-state index in [9.17, 15) is 0 Å². The van der Waals surface area contributed by atoms with E-state index in [4.69, 9.17) is 30.8 Å². The Kier molecular flexibility index (Phi) is 6.99. The Hall–Kier alpha value is -2.72. The molecule has 0 radical (unpaired) electrons. The lowest BCUT2D eigenvalue weighted by Crippen LogP contribution is -2.02. The van der Waals surface area contributed by atoms with Gasteiger partial charge >= 0.3 is 0 Å². The van der Waals surface area contributed by atoms with Crippen LogP contribution in [0.2, 0.25) is 5.02 Å². The first-order valence-electron chi connectivity index (χ1n) is 9.71. The van der Waals surface area contributed by atoms with Crippen LogP contribution in [0.15, 0.2) is 48.7 Å². The Morgan fingerprint density at radius 1 is 0.862 bits per heavy atom. The number of ether oxygens (including phenoxy) is 3. The number of methoxy groups -OCH3 is 2. The molecule has 4 nitrogen and oxygen atoms in total. The average molecular weight is 412 g/mol. The number of benzene rings is 2. The van der Waals surface area contributed by atoms with Crippen LogP contribution in [0.4, 0.5) is 0 Å². The lowest BCUT2D eigenvalue weighted by Gasteiger charge is -2.16. The minimum Gasteiger partial charge on any atom is -0.497 e. The molecule has 5 heteroatoms. The Labute approximate surface area is 177 Å². The third-order valence-electron chi connectivity index (χ3n) is 4.94. The topological polar surface area (TPSA) is 40.6 Å². The van der Waals surface area contributed by atoms with E-state index >= 15 is 0 Å². The van der Waals surface area contributed by atoms with Gasteiger partial charge in [-0.15, -0.1) is 0 Å². The van der Waals surface area contributed by atoms with E-state index in [-0.39, 0.29) is 0 Å². The molecule has 0 saturated heterocycles. The standard InChI is InChI=1S/C24H26ClNO3/c1-5-16-8-7-9-17(6-2)24(16)21-13-23(28-4)18(14-26-21)15-29-22-11-10-19(27-3)12-20(22)25/h7-14H,5-6,15H2,1-4H3. The van der Waals surface area contributed by atoms with Gasteiger partial charge in [-0.05, 0) is 36.1 Å².